The zero-order chi connectivity index (χ0) is 14.6. The quantitative estimate of drug-likeness (QED) is 0.489. The molecule has 0 atom stereocenters. The molecule has 104 valence electrons. The van der Waals surface area contributed by atoms with Gasteiger partial charge in [-0.15, -0.1) is 11.3 Å². The van der Waals surface area contributed by atoms with Gasteiger partial charge in [0, 0.05) is 21.7 Å². The fourth-order valence-electron chi connectivity index (χ4n) is 2.49. The summed E-state index contributed by atoms with van der Waals surface area (Å²) in [6, 6.07) is 7.78. The number of halogens is 1. The number of rotatable bonds is 1. The summed E-state index contributed by atoms with van der Waals surface area (Å²) >= 11 is 12.7. The molecule has 2 N–H and O–H groups in total. The minimum Gasteiger partial charge on any atom is -0.303 e. The number of aromatic amines is 2. The molecule has 0 saturated carbocycles. The van der Waals surface area contributed by atoms with E-state index in [0.29, 0.717) is 14.6 Å². The van der Waals surface area contributed by atoms with Crippen molar-refractivity contribution in [1.29, 1.82) is 0 Å². The number of pyridine rings is 1. The molecule has 3 aromatic heterocycles. The van der Waals surface area contributed by atoms with Gasteiger partial charge >= 0.3 is 0 Å². The molecule has 4 aromatic rings. The maximum absolute atomic E-state index is 6.00. The summed E-state index contributed by atoms with van der Waals surface area (Å²) in [5.41, 5.74) is 4.66. The lowest BCUT2D eigenvalue weighted by Crippen LogP contribution is -1.86. The van der Waals surface area contributed by atoms with E-state index in [1.165, 1.54) is 11.3 Å². The average molecular weight is 333 g/mol. The molecule has 4 rings (SSSR count). The van der Waals surface area contributed by atoms with Gasteiger partial charge in [-0.2, -0.15) is 0 Å². The van der Waals surface area contributed by atoms with Crippen molar-refractivity contribution < 1.29 is 0 Å². The number of aromatic nitrogens is 4. The van der Waals surface area contributed by atoms with Crippen LogP contribution in [0.15, 0.2) is 24.3 Å². The Morgan fingerprint density at radius 2 is 1.90 bits per heavy atom. The van der Waals surface area contributed by atoms with E-state index in [1.54, 1.807) is 0 Å². The number of fused-ring (bicyclic) bond motifs is 2. The highest BCUT2D eigenvalue weighted by Crippen LogP contribution is 2.37. The minimum atomic E-state index is 0.599. The fraction of sp³-hybridized carbons (Fsp3) is 0.0714. The summed E-state index contributed by atoms with van der Waals surface area (Å²) in [5, 5.41) is 7.97. The topological polar surface area (TPSA) is 57.4 Å². The van der Waals surface area contributed by atoms with Crippen LogP contribution in [-0.2, 0) is 0 Å². The summed E-state index contributed by atoms with van der Waals surface area (Å²) in [4.78, 5) is 8.88. The van der Waals surface area contributed by atoms with Gasteiger partial charge in [0.25, 0.3) is 0 Å². The summed E-state index contributed by atoms with van der Waals surface area (Å²) in [6.45, 7) is 2.02. The fourth-order valence-corrected chi connectivity index (χ4v) is 3.76. The van der Waals surface area contributed by atoms with E-state index in [0.717, 1.165) is 32.6 Å². The lowest BCUT2D eigenvalue weighted by atomic mass is 10.0. The molecule has 3 heterocycles. The molecule has 0 aliphatic heterocycles. The number of nitrogens with zero attached hydrogens (tertiary/aromatic N) is 2. The summed E-state index contributed by atoms with van der Waals surface area (Å²) in [7, 11) is 0. The van der Waals surface area contributed by atoms with Crippen molar-refractivity contribution in [3.63, 3.8) is 0 Å². The number of nitrogens with one attached hydrogen (secondary N) is 2. The molecule has 21 heavy (non-hydrogen) atoms. The normalized spacial score (nSPS) is 11.5. The van der Waals surface area contributed by atoms with Gasteiger partial charge in [0.2, 0.25) is 0 Å². The highest BCUT2D eigenvalue weighted by Gasteiger charge is 2.17. The van der Waals surface area contributed by atoms with E-state index in [1.807, 2.05) is 31.2 Å². The van der Waals surface area contributed by atoms with E-state index in [4.69, 9.17) is 23.8 Å². The third-order valence-electron chi connectivity index (χ3n) is 3.40. The summed E-state index contributed by atoms with van der Waals surface area (Å²) in [6.07, 6.45) is 0. The van der Waals surface area contributed by atoms with Crippen LogP contribution in [0.3, 0.4) is 0 Å². The highest BCUT2D eigenvalue weighted by molar-refractivity contribution is 7.73. The SMILES string of the molecule is Cc1[nH][nH]c2nc3nc(=S)sc3c(-c3ccc(Cl)cc3)c12. The Morgan fingerprint density at radius 3 is 2.67 bits per heavy atom. The van der Waals surface area contributed by atoms with Gasteiger partial charge in [-0.1, -0.05) is 23.7 Å². The van der Waals surface area contributed by atoms with Crippen LogP contribution in [0, 0.1) is 10.9 Å². The van der Waals surface area contributed by atoms with Gasteiger partial charge in [-0.05, 0) is 36.8 Å². The highest BCUT2D eigenvalue weighted by atomic mass is 35.5. The Kier molecular flexibility index (Phi) is 2.85. The van der Waals surface area contributed by atoms with Gasteiger partial charge in [0.05, 0.1) is 4.70 Å². The molecule has 0 unspecified atom stereocenters. The first-order valence-electron chi connectivity index (χ1n) is 6.27. The van der Waals surface area contributed by atoms with Crippen LogP contribution in [0.25, 0.3) is 32.5 Å². The number of aryl methyl sites for hydroxylation is 1. The van der Waals surface area contributed by atoms with Crippen molar-refractivity contribution in [3.8, 4) is 11.1 Å². The molecule has 0 fully saturated rings. The molecule has 0 saturated heterocycles. The van der Waals surface area contributed by atoms with Crippen LogP contribution in [0.4, 0.5) is 0 Å². The Bertz CT molecular complexity index is 1030. The molecule has 7 heteroatoms. The van der Waals surface area contributed by atoms with Crippen LogP contribution >= 0.6 is 35.2 Å². The lowest BCUT2D eigenvalue weighted by molar-refractivity contribution is 1.06. The standard InChI is InChI=1S/C14H9ClN4S2/c1-6-9-10(7-2-4-8(15)5-3-7)11-13(17-14(20)21-11)16-12(9)19-18-6/h2-5H,1H3,(H2,16,17,18,19,20). The van der Waals surface area contributed by atoms with Crippen LogP contribution in [0.2, 0.25) is 5.02 Å². The molecule has 4 nitrogen and oxygen atoms in total. The third kappa shape index (κ3) is 1.98. The van der Waals surface area contributed by atoms with E-state index in [9.17, 15) is 0 Å². The first-order valence-corrected chi connectivity index (χ1v) is 7.87. The van der Waals surface area contributed by atoms with Gasteiger partial charge in [-0.25, -0.2) is 9.97 Å². The Balaban J connectivity index is 2.22. The molecular weight excluding hydrogens is 324 g/mol. The zero-order valence-electron chi connectivity index (χ0n) is 10.9. The van der Waals surface area contributed by atoms with Gasteiger partial charge < -0.3 is 5.10 Å². The second-order valence-electron chi connectivity index (χ2n) is 4.72. The summed E-state index contributed by atoms with van der Waals surface area (Å²) < 4.78 is 1.60. The minimum absolute atomic E-state index is 0.599. The van der Waals surface area contributed by atoms with Crippen molar-refractivity contribution in [2.75, 3.05) is 0 Å². The number of H-pyrrole nitrogens is 2. The van der Waals surface area contributed by atoms with Gasteiger partial charge in [0.15, 0.2) is 15.2 Å². The number of hydrogen-bond acceptors (Lipinski definition) is 4. The Labute approximate surface area is 133 Å². The van der Waals surface area contributed by atoms with Crippen LogP contribution < -0.4 is 0 Å². The summed E-state index contributed by atoms with van der Waals surface area (Å²) in [5.74, 6) is 0. The lowest BCUT2D eigenvalue weighted by Gasteiger charge is -2.06. The van der Waals surface area contributed by atoms with Crippen molar-refractivity contribution in [2.24, 2.45) is 0 Å². The van der Waals surface area contributed by atoms with E-state index in [-0.39, 0.29) is 0 Å². The Morgan fingerprint density at radius 1 is 1.14 bits per heavy atom. The second kappa shape index (κ2) is 4.62. The molecular formula is C14H9ClN4S2. The largest absolute Gasteiger partial charge is 0.303 e. The average Bonchev–Trinajstić information content (AvgIpc) is 3.00. The van der Waals surface area contributed by atoms with Crippen molar-refractivity contribution >= 4 is 56.5 Å². The smallest absolute Gasteiger partial charge is 0.183 e. The van der Waals surface area contributed by atoms with Gasteiger partial charge in [0.1, 0.15) is 0 Å². The second-order valence-corrected chi connectivity index (χ2v) is 6.81. The number of benzene rings is 1. The van der Waals surface area contributed by atoms with E-state index < -0.39 is 0 Å². The molecule has 0 amide bonds. The van der Waals surface area contributed by atoms with Crippen LogP contribution in [0.5, 0.6) is 0 Å². The monoisotopic (exact) mass is 332 g/mol. The van der Waals surface area contributed by atoms with Crippen molar-refractivity contribution in [2.45, 2.75) is 6.92 Å². The zero-order valence-corrected chi connectivity index (χ0v) is 13.3. The van der Waals surface area contributed by atoms with Crippen molar-refractivity contribution in [1.82, 2.24) is 20.2 Å². The van der Waals surface area contributed by atoms with Crippen LogP contribution in [-0.4, -0.2) is 20.2 Å². The number of hydrogen-bond donors (Lipinski definition) is 2. The molecule has 0 aliphatic rings. The predicted molar refractivity (Wildman–Crippen MR) is 89.6 cm³/mol. The Hall–Kier alpha value is -1.76. The molecule has 0 bridgehead atoms. The van der Waals surface area contributed by atoms with E-state index >= 15 is 0 Å². The predicted octanol–water partition coefficient (Wildman–Crippen LogP) is 4.86. The molecule has 0 radical (unpaired) electrons. The first-order chi connectivity index (χ1) is 10.1. The number of thiazole rings is 1. The third-order valence-corrected chi connectivity index (χ3v) is 4.85. The van der Waals surface area contributed by atoms with Crippen LogP contribution in [0.1, 0.15) is 5.69 Å². The maximum atomic E-state index is 6.00. The maximum Gasteiger partial charge on any atom is 0.183 e. The molecule has 0 aliphatic carbocycles. The van der Waals surface area contributed by atoms with Gasteiger partial charge in [-0.3, -0.25) is 5.10 Å². The van der Waals surface area contributed by atoms with E-state index in [2.05, 4.69) is 20.2 Å². The molecule has 0 spiro atoms. The van der Waals surface area contributed by atoms with Crippen molar-refractivity contribution in [3.05, 3.63) is 38.9 Å². The first kappa shape index (κ1) is 12.9. The molecule has 1 aromatic carbocycles.